The Hall–Kier alpha value is -3.22. The van der Waals surface area contributed by atoms with Gasteiger partial charge in [-0.1, -0.05) is 23.5 Å². The summed E-state index contributed by atoms with van der Waals surface area (Å²) in [5.74, 6) is -2.84. The van der Waals surface area contributed by atoms with Gasteiger partial charge in [-0.05, 0) is 43.2 Å². The zero-order valence-electron chi connectivity index (χ0n) is 18.7. The molecule has 7 nitrogen and oxygen atoms in total. The van der Waals surface area contributed by atoms with Gasteiger partial charge in [0.05, 0.1) is 17.5 Å². The number of amides is 1. The van der Waals surface area contributed by atoms with Crippen LogP contribution in [0.1, 0.15) is 18.6 Å². The quantitative estimate of drug-likeness (QED) is 0.349. The summed E-state index contributed by atoms with van der Waals surface area (Å²) >= 11 is 0.976. The average molecular weight is 536 g/mol. The number of carbonyl (C=O) groups is 1. The predicted molar refractivity (Wildman–Crippen MR) is 127 cm³/mol. The summed E-state index contributed by atoms with van der Waals surface area (Å²) < 4.78 is 74.8. The molecule has 0 aliphatic carbocycles. The largest absolute Gasteiger partial charge is 0.467 e. The van der Waals surface area contributed by atoms with E-state index in [9.17, 15) is 26.4 Å². The number of sulfonamides is 1. The number of fused-ring (bicyclic) bond motifs is 1. The van der Waals surface area contributed by atoms with Crippen LogP contribution in [0.5, 0.6) is 0 Å². The summed E-state index contributed by atoms with van der Waals surface area (Å²) in [7, 11) is -4.05. The second-order valence-corrected chi connectivity index (χ2v) is 11.3. The molecule has 2 aromatic heterocycles. The third-order valence-corrected chi connectivity index (χ3v) is 9.01. The number of hydrogen-bond donors (Lipinski definition) is 0. The summed E-state index contributed by atoms with van der Waals surface area (Å²) in [6.07, 6.45) is 1.86. The highest BCUT2D eigenvalue weighted by molar-refractivity contribution is 7.89. The van der Waals surface area contributed by atoms with Gasteiger partial charge in [0.15, 0.2) is 10.9 Å². The second kappa shape index (κ2) is 9.68. The number of thiazole rings is 1. The molecule has 1 fully saturated rings. The zero-order chi connectivity index (χ0) is 25.4. The molecule has 0 radical (unpaired) electrons. The third-order valence-electron chi connectivity index (χ3n) is 6.05. The van der Waals surface area contributed by atoms with E-state index in [-0.39, 0.29) is 53.7 Å². The van der Waals surface area contributed by atoms with Crippen molar-refractivity contribution in [2.24, 2.45) is 5.92 Å². The first-order valence-electron chi connectivity index (χ1n) is 11.1. The van der Waals surface area contributed by atoms with Crippen LogP contribution < -0.4 is 4.90 Å². The molecule has 0 N–H and O–H groups in total. The Morgan fingerprint density at radius 1 is 1.08 bits per heavy atom. The minimum Gasteiger partial charge on any atom is -0.467 e. The second-order valence-electron chi connectivity index (χ2n) is 8.34. The number of aromatic nitrogens is 1. The van der Waals surface area contributed by atoms with Crippen molar-refractivity contribution >= 4 is 42.6 Å². The van der Waals surface area contributed by atoms with E-state index in [1.165, 1.54) is 33.7 Å². The van der Waals surface area contributed by atoms with Gasteiger partial charge in [-0.2, -0.15) is 4.31 Å². The van der Waals surface area contributed by atoms with Gasteiger partial charge < -0.3 is 4.42 Å². The van der Waals surface area contributed by atoms with Crippen LogP contribution in [-0.4, -0.2) is 36.7 Å². The Bertz CT molecular complexity index is 1510. The third kappa shape index (κ3) is 4.63. The molecule has 0 atom stereocenters. The van der Waals surface area contributed by atoms with Crippen LogP contribution in [0.3, 0.4) is 0 Å². The van der Waals surface area contributed by atoms with Crippen molar-refractivity contribution in [2.45, 2.75) is 24.3 Å². The van der Waals surface area contributed by atoms with E-state index >= 15 is 0 Å². The smallest absolute Gasteiger partial charge is 0.245 e. The van der Waals surface area contributed by atoms with E-state index in [2.05, 4.69) is 4.98 Å². The van der Waals surface area contributed by atoms with E-state index in [1.54, 1.807) is 12.1 Å². The number of carbonyl (C=O) groups excluding carboxylic acids is 1. The first-order valence-corrected chi connectivity index (χ1v) is 13.3. The zero-order valence-corrected chi connectivity index (χ0v) is 20.4. The number of hydrogen-bond acceptors (Lipinski definition) is 6. The molecule has 0 spiro atoms. The summed E-state index contributed by atoms with van der Waals surface area (Å²) in [6, 6.07) is 10.4. The van der Waals surface area contributed by atoms with Gasteiger partial charge in [0, 0.05) is 25.1 Å². The summed E-state index contributed by atoms with van der Waals surface area (Å²) in [6.45, 7) is 0.0756. The highest BCUT2D eigenvalue weighted by Gasteiger charge is 2.36. The van der Waals surface area contributed by atoms with Crippen LogP contribution in [0.15, 0.2) is 64.1 Å². The van der Waals surface area contributed by atoms with Gasteiger partial charge in [0.1, 0.15) is 27.8 Å². The Morgan fingerprint density at radius 2 is 1.83 bits per heavy atom. The van der Waals surface area contributed by atoms with Gasteiger partial charge in [0.25, 0.3) is 0 Å². The van der Waals surface area contributed by atoms with Gasteiger partial charge in [-0.25, -0.2) is 26.6 Å². The molecule has 3 heterocycles. The number of piperidine rings is 1. The Labute approximate surface area is 208 Å². The van der Waals surface area contributed by atoms with Crippen molar-refractivity contribution in [2.75, 3.05) is 18.0 Å². The van der Waals surface area contributed by atoms with Crippen LogP contribution in [-0.2, 0) is 21.4 Å². The standard InChI is InChI=1S/C24H20F3N3O4S2/c25-16-12-19(27)22-20(13-16)35-24(28-22)30(14-17-4-3-11-34-17)23(31)15-7-9-29(10-8-15)36(32,33)21-6-2-1-5-18(21)26/h1-6,11-13,15H,7-10,14H2. The highest BCUT2D eigenvalue weighted by Crippen LogP contribution is 2.34. The van der Waals surface area contributed by atoms with Gasteiger partial charge in [-0.15, -0.1) is 0 Å². The number of rotatable bonds is 6. The fourth-order valence-electron chi connectivity index (χ4n) is 4.22. The fraction of sp³-hybridized carbons (Fsp3) is 0.250. The lowest BCUT2D eigenvalue weighted by molar-refractivity contribution is -0.123. The van der Waals surface area contributed by atoms with Crippen molar-refractivity contribution in [1.82, 2.24) is 9.29 Å². The topological polar surface area (TPSA) is 83.7 Å². The van der Waals surface area contributed by atoms with Gasteiger partial charge >= 0.3 is 0 Å². The molecule has 36 heavy (non-hydrogen) atoms. The molecule has 1 amide bonds. The van der Waals surface area contributed by atoms with Crippen molar-refractivity contribution in [3.63, 3.8) is 0 Å². The Balaban J connectivity index is 1.39. The van der Waals surface area contributed by atoms with E-state index < -0.39 is 38.3 Å². The van der Waals surface area contributed by atoms with Crippen molar-refractivity contribution in [1.29, 1.82) is 0 Å². The molecule has 4 aromatic rings. The lowest BCUT2D eigenvalue weighted by Crippen LogP contribution is -2.44. The minimum absolute atomic E-state index is 0.0174. The molecule has 0 saturated carbocycles. The number of benzene rings is 2. The Morgan fingerprint density at radius 3 is 2.53 bits per heavy atom. The van der Waals surface area contributed by atoms with Crippen molar-refractivity contribution in [3.05, 3.63) is 78.0 Å². The Kier molecular flexibility index (Phi) is 6.58. The number of anilines is 1. The first-order chi connectivity index (χ1) is 17.2. The molecular weight excluding hydrogens is 515 g/mol. The molecule has 188 valence electrons. The normalized spacial score (nSPS) is 15.4. The molecule has 0 bridgehead atoms. The fourth-order valence-corrected chi connectivity index (χ4v) is 6.76. The summed E-state index contributed by atoms with van der Waals surface area (Å²) in [5.41, 5.74) is -0.0422. The molecule has 0 unspecified atom stereocenters. The van der Waals surface area contributed by atoms with Crippen molar-refractivity contribution in [3.8, 4) is 0 Å². The predicted octanol–water partition coefficient (Wildman–Crippen LogP) is 4.94. The van der Waals surface area contributed by atoms with Gasteiger partial charge in [0.2, 0.25) is 15.9 Å². The van der Waals surface area contributed by atoms with E-state index in [0.29, 0.717) is 5.76 Å². The first kappa shape index (κ1) is 24.5. The molecule has 5 rings (SSSR count). The molecular formula is C24H20F3N3O4S2. The summed E-state index contributed by atoms with van der Waals surface area (Å²) in [4.78, 5) is 18.8. The van der Waals surface area contributed by atoms with Crippen LogP contribution in [0.4, 0.5) is 18.3 Å². The summed E-state index contributed by atoms with van der Waals surface area (Å²) in [5, 5.41) is 0.178. The number of nitrogens with zero attached hydrogens (tertiary/aromatic N) is 3. The maximum atomic E-state index is 14.3. The maximum Gasteiger partial charge on any atom is 0.245 e. The lowest BCUT2D eigenvalue weighted by atomic mass is 9.96. The SMILES string of the molecule is O=C(C1CCN(S(=O)(=O)c2ccccc2F)CC1)N(Cc1ccco1)c1nc2c(F)cc(F)cc2s1. The van der Waals surface area contributed by atoms with Crippen LogP contribution in [0, 0.1) is 23.4 Å². The van der Waals surface area contributed by atoms with Crippen molar-refractivity contribution < 1.29 is 30.8 Å². The van der Waals surface area contributed by atoms with Crippen LogP contribution >= 0.6 is 11.3 Å². The highest BCUT2D eigenvalue weighted by atomic mass is 32.2. The van der Waals surface area contributed by atoms with E-state index in [1.807, 2.05) is 0 Å². The number of furan rings is 1. The molecule has 2 aromatic carbocycles. The monoisotopic (exact) mass is 535 g/mol. The van der Waals surface area contributed by atoms with E-state index in [4.69, 9.17) is 4.42 Å². The number of halogens is 3. The van der Waals surface area contributed by atoms with Crippen LogP contribution in [0.25, 0.3) is 10.2 Å². The minimum atomic E-state index is -4.05. The van der Waals surface area contributed by atoms with Gasteiger partial charge in [-0.3, -0.25) is 9.69 Å². The average Bonchev–Trinajstić information content (AvgIpc) is 3.52. The molecule has 1 aliphatic heterocycles. The molecule has 12 heteroatoms. The molecule has 1 aliphatic rings. The van der Waals surface area contributed by atoms with Crippen LogP contribution in [0.2, 0.25) is 0 Å². The maximum absolute atomic E-state index is 14.3. The lowest BCUT2D eigenvalue weighted by Gasteiger charge is -2.32. The van der Waals surface area contributed by atoms with E-state index in [0.717, 1.165) is 29.5 Å². The molecule has 1 saturated heterocycles.